The average molecular weight is 675 g/mol. The molecule has 0 amide bonds. The summed E-state index contributed by atoms with van der Waals surface area (Å²) in [5.41, 5.74) is 8.92. The molecule has 0 heterocycles. The van der Waals surface area contributed by atoms with Crippen LogP contribution in [0.5, 0.6) is 0 Å². The molecule has 0 spiro atoms. The maximum Gasteiger partial charge on any atom is 0.341 e. The number of nitrogens with zero attached hydrogens (tertiary/aromatic N) is 2. The molecule has 2 aliphatic carbocycles. The molecule has 0 bridgehead atoms. The largest absolute Gasteiger partial charge is 0.341 e. The molecular formula is C40H38N2O4S2. The van der Waals surface area contributed by atoms with Crippen LogP contribution < -0.4 is 0 Å². The molecule has 2 aliphatic rings. The van der Waals surface area contributed by atoms with Crippen molar-refractivity contribution < 1.29 is 16.8 Å². The van der Waals surface area contributed by atoms with Crippen LogP contribution in [0.1, 0.15) is 68.5 Å². The lowest BCUT2D eigenvalue weighted by Crippen LogP contribution is -2.43. The highest BCUT2D eigenvalue weighted by Crippen LogP contribution is 2.43. The van der Waals surface area contributed by atoms with E-state index in [0.29, 0.717) is 25.7 Å². The first-order valence-electron chi connectivity index (χ1n) is 16.6. The Bertz CT molecular complexity index is 2040. The number of aryl methyl sites for hydroxylation is 6. The zero-order valence-electron chi connectivity index (χ0n) is 27.3. The summed E-state index contributed by atoms with van der Waals surface area (Å²) in [4.78, 5) is 4.74. The Balaban J connectivity index is 1.54. The fraction of sp³-hybridized carbons (Fsp3) is 0.350. The highest BCUT2D eigenvalue weighted by atomic mass is 32.2. The quantitative estimate of drug-likeness (QED) is 0.212. The van der Waals surface area contributed by atoms with Gasteiger partial charge in [0.25, 0.3) is 19.7 Å². The SMILES string of the molecule is [C-]#[N+]C1(S(=O)(=O)c2ccc(C)cc2)Cc2cc3c4cc2CCCc2cc(c(cc2C1)CC([N+]#[C-])(S(=O)(=O)c1ccc(C)cc1)C3)CCC4. The zero-order chi connectivity index (χ0) is 33.9. The summed E-state index contributed by atoms with van der Waals surface area (Å²) < 4.78 is 58.9. The Morgan fingerprint density at radius 3 is 1.02 bits per heavy atom. The fourth-order valence-electron chi connectivity index (χ4n) is 7.96. The molecule has 0 aromatic heterocycles. The van der Waals surface area contributed by atoms with E-state index < -0.39 is 29.4 Å². The van der Waals surface area contributed by atoms with E-state index >= 15 is 0 Å². The number of benzene rings is 4. The molecule has 0 N–H and O–H groups in total. The van der Waals surface area contributed by atoms with E-state index in [-0.39, 0.29) is 35.5 Å². The van der Waals surface area contributed by atoms with Crippen LogP contribution >= 0.6 is 0 Å². The van der Waals surface area contributed by atoms with Crippen molar-refractivity contribution in [2.45, 2.75) is 97.6 Å². The van der Waals surface area contributed by atoms with Crippen molar-refractivity contribution in [3.05, 3.63) is 151 Å². The van der Waals surface area contributed by atoms with Crippen molar-refractivity contribution in [3.8, 4) is 0 Å². The molecule has 48 heavy (non-hydrogen) atoms. The molecule has 0 atom stereocenters. The van der Waals surface area contributed by atoms with Gasteiger partial charge in [-0.05, 0) is 121 Å². The van der Waals surface area contributed by atoms with Gasteiger partial charge in [-0.3, -0.25) is 9.69 Å². The predicted octanol–water partition coefficient (Wildman–Crippen LogP) is 7.34. The lowest BCUT2D eigenvalue weighted by molar-refractivity contribution is 0.533. The van der Waals surface area contributed by atoms with Crippen molar-refractivity contribution in [1.29, 1.82) is 0 Å². The number of hydrogen-bond donors (Lipinski definition) is 0. The maximum atomic E-state index is 14.7. The first-order chi connectivity index (χ1) is 22.9. The molecule has 8 heteroatoms. The highest BCUT2D eigenvalue weighted by Gasteiger charge is 2.55. The monoisotopic (exact) mass is 674 g/mol. The van der Waals surface area contributed by atoms with Crippen LogP contribution in [0.25, 0.3) is 9.69 Å². The summed E-state index contributed by atoms with van der Waals surface area (Å²) in [5.74, 6) is 0. The van der Waals surface area contributed by atoms with Gasteiger partial charge < -0.3 is 0 Å². The summed E-state index contributed by atoms with van der Waals surface area (Å²) in [6.45, 7) is 21.0. The highest BCUT2D eigenvalue weighted by molar-refractivity contribution is 7.93. The van der Waals surface area contributed by atoms with Crippen LogP contribution in [0.15, 0.2) is 82.6 Å². The molecule has 0 unspecified atom stereocenters. The molecule has 0 aliphatic heterocycles. The first kappa shape index (κ1) is 32.3. The van der Waals surface area contributed by atoms with E-state index in [9.17, 15) is 16.8 Å². The van der Waals surface area contributed by atoms with Gasteiger partial charge >= 0.3 is 9.74 Å². The summed E-state index contributed by atoms with van der Waals surface area (Å²) in [6.07, 6.45) is 4.51. The Hall–Kier alpha value is -4.24. The van der Waals surface area contributed by atoms with Gasteiger partial charge in [0.15, 0.2) is 0 Å². The normalized spacial score (nSPS) is 18.0. The third kappa shape index (κ3) is 5.18. The molecule has 0 saturated carbocycles. The second-order valence-electron chi connectivity index (χ2n) is 13.9. The molecule has 0 radical (unpaired) electrons. The van der Waals surface area contributed by atoms with Gasteiger partial charge in [-0.25, -0.2) is 30.0 Å². The van der Waals surface area contributed by atoms with Crippen LogP contribution in [-0.4, -0.2) is 26.6 Å². The molecule has 4 aromatic rings. The van der Waals surface area contributed by atoms with Crippen LogP contribution in [0.3, 0.4) is 0 Å². The molecule has 6 nitrogen and oxygen atoms in total. The third-order valence-corrected chi connectivity index (χ3v) is 15.3. The summed E-state index contributed by atoms with van der Waals surface area (Å²) >= 11 is 0. The first-order valence-corrected chi connectivity index (χ1v) is 19.5. The van der Waals surface area contributed by atoms with E-state index in [1.807, 2.05) is 26.0 Å². The molecule has 0 saturated heterocycles. The topological polar surface area (TPSA) is 77.0 Å². The van der Waals surface area contributed by atoms with Crippen molar-refractivity contribution in [2.75, 3.05) is 0 Å². The Morgan fingerprint density at radius 1 is 0.479 bits per heavy atom. The second-order valence-corrected chi connectivity index (χ2v) is 18.4. The van der Waals surface area contributed by atoms with E-state index in [2.05, 4.69) is 21.8 Å². The van der Waals surface area contributed by atoms with E-state index in [4.69, 9.17) is 13.1 Å². The second kappa shape index (κ2) is 11.7. The van der Waals surface area contributed by atoms with E-state index in [1.54, 1.807) is 48.5 Å². The smallest absolute Gasteiger partial charge is 0.292 e. The standard InChI is InChI=1S/C40H38N2O4S2/c1-27-11-15-37(16-12-27)47(43,44)39(41-3)23-33-21-35-25-40(42-4,48(45,46)38-17-13-28(2)14-18-38)26-36-22-34(24-39)30-8-5-7-29(33)19-31(35)9-6-10-32(36)20-30/h11-22H,5-10,23-26H2,1-2H3. The van der Waals surface area contributed by atoms with E-state index in [1.165, 1.54) is 0 Å². The van der Waals surface area contributed by atoms with Gasteiger partial charge in [0, 0.05) is 0 Å². The van der Waals surface area contributed by atoms with Crippen molar-refractivity contribution >= 4 is 19.7 Å². The Labute approximate surface area is 284 Å². The zero-order valence-corrected chi connectivity index (χ0v) is 29.0. The number of rotatable bonds is 4. The summed E-state index contributed by atoms with van der Waals surface area (Å²) in [6, 6.07) is 21.7. The van der Waals surface area contributed by atoms with Gasteiger partial charge in [0.1, 0.15) is 0 Å². The number of fused-ring (bicyclic) bond motifs is 4. The van der Waals surface area contributed by atoms with E-state index in [0.717, 1.165) is 68.5 Å². The van der Waals surface area contributed by atoms with Crippen molar-refractivity contribution in [1.82, 2.24) is 0 Å². The van der Waals surface area contributed by atoms with Crippen molar-refractivity contribution in [3.63, 3.8) is 0 Å². The van der Waals surface area contributed by atoms with Gasteiger partial charge in [-0.15, -0.1) is 0 Å². The third-order valence-electron chi connectivity index (χ3n) is 10.8. The minimum atomic E-state index is -4.16. The molecular weight excluding hydrogens is 637 g/mol. The van der Waals surface area contributed by atoms with Crippen LogP contribution in [0, 0.1) is 27.0 Å². The minimum absolute atomic E-state index is 0.0262. The van der Waals surface area contributed by atoms with Gasteiger partial charge in [-0.2, -0.15) is 0 Å². The van der Waals surface area contributed by atoms with Crippen LogP contribution in [0.2, 0.25) is 0 Å². The van der Waals surface area contributed by atoms with Crippen molar-refractivity contribution in [2.24, 2.45) is 0 Å². The van der Waals surface area contributed by atoms with Gasteiger partial charge in [0.05, 0.1) is 35.5 Å². The van der Waals surface area contributed by atoms with Crippen LogP contribution in [-0.2, 0) is 71.0 Å². The fourth-order valence-corrected chi connectivity index (χ4v) is 11.4. The maximum absolute atomic E-state index is 14.7. The van der Waals surface area contributed by atoms with Crippen LogP contribution in [0.4, 0.5) is 0 Å². The molecule has 6 rings (SSSR count). The summed E-state index contributed by atoms with van der Waals surface area (Å²) in [7, 11) is -8.32. The minimum Gasteiger partial charge on any atom is -0.292 e. The Morgan fingerprint density at radius 2 is 0.750 bits per heavy atom. The lowest BCUT2D eigenvalue weighted by Gasteiger charge is -2.31. The summed E-state index contributed by atoms with van der Waals surface area (Å²) in [5, 5.41) is 0. The van der Waals surface area contributed by atoms with Gasteiger partial charge in [-0.1, -0.05) is 59.7 Å². The van der Waals surface area contributed by atoms with Gasteiger partial charge in [0.2, 0.25) is 0 Å². The number of sulfone groups is 2. The Kier molecular flexibility index (Phi) is 7.89. The molecule has 4 aromatic carbocycles. The average Bonchev–Trinajstić information content (AvgIpc) is 3.06. The molecule has 0 fully saturated rings. The predicted molar refractivity (Wildman–Crippen MR) is 187 cm³/mol. The lowest BCUT2D eigenvalue weighted by atomic mass is 9.79. The number of hydrogen-bond acceptors (Lipinski definition) is 4. The molecule has 244 valence electrons.